The van der Waals surface area contributed by atoms with E-state index < -0.39 is 11.7 Å². The molecule has 0 saturated heterocycles. The summed E-state index contributed by atoms with van der Waals surface area (Å²) in [6.07, 6.45) is 1.15. The van der Waals surface area contributed by atoms with Crippen LogP contribution in [-0.4, -0.2) is 43.1 Å². The van der Waals surface area contributed by atoms with Gasteiger partial charge in [-0.3, -0.25) is 9.59 Å². The molecule has 0 unspecified atom stereocenters. The summed E-state index contributed by atoms with van der Waals surface area (Å²) >= 11 is 0. The second-order valence-electron chi connectivity index (χ2n) is 5.05. The Morgan fingerprint density at radius 2 is 1.70 bits per heavy atom. The van der Waals surface area contributed by atoms with Gasteiger partial charge in [0.25, 0.3) is 0 Å². The van der Waals surface area contributed by atoms with Crippen molar-refractivity contribution >= 4 is 17.9 Å². The third kappa shape index (κ3) is 11.1. The number of rotatable bonds is 7. The van der Waals surface area contributed by atoms with E-state index in [-0.39, 0.29) is 18.4 Å². The van der Waals surface area contributed by atoms with Crippen LogP contribution in [0, 0.1) is 0 Å². The molecule has 0 saturated carbocycles. The zero-order chi connectivity index (χ0) is 15.6. The van der Waals surface area contributed by atoms with E-state index in [0.717, 1.165) is 0 Å². The van der Waals surface area contributed by atoms with Crippen LogP contribution in [0.25, 0.3) is 0 Å². The lowest BCUT2D eigenvalue weighted by Gasteiger charge is -2.19. The van der Waals surface area contributed by atoms with E-state index in [0.29, 0.717) is 19.5 Å². The van der Waals surface area contributed by atoms with Gasteiger partial charge in [-0.1, -0.05) is 6.58 Å². The molecule has 0 bridgehead atoms. The largest absolute Gasteiger partial charge is 0.444 e. The third-order valence-corrected chi connectivity index (χ3v) is 1.95. The van der Waals surface area contributed by atoms with Gasteiger partial charge in [0.1, 0.15) is 5.60 Å². The molecular formula is C13H23N3O4. The highest BCUT2D eigenvalue weighted by atomic mass is 16.6. The van der Waals surface area contributed by atoms with Crippen molar-refractivity contribution in [1.82, 2.24) is 16.0 Å². The predicted octanol–water partition coefficient (Wildman–Crippen LogP) is 0.320. The minimum absolute atomic E-state index is 0.145. The number of ether oxygens (including phenoxy) is 1. The number of hydrogen-bond donors (Lipinski definition) is 3. The SMILES string of the molecule is C=CC(=O)NCCCNC(=O)CNC(=O)OC(C)(C)C. The summed E-state index contributed by atoms with van der Waals surface area (Å²) in [6.45, 7) is 9.25. The predicted molar refractivity (Wildman–Crippen MR) is 75.1 cm³/mol. The maximum Gasteiger partial charge on any atom is 0.408 e. The Morgan fingerprint density at radius 1 is 1.10 bits per heavy atom. The fourth-order valence-electron chi connectivity index (χ4n) is 1.13. The van der Waals surface area contributed by atoms with Crippen LogP contribution >= 0.6 is 0 Å². The summed E-state index contributed by atoms with van der Waals surface area (Å²) in [5.74, 6) is -0.561. The topological polar surface area (TPSA) is 96.5 Å². The fourth-order valence-corrected chi connectivity index (χ4v) is 1.13. The summed E-state index contributed by atoms with van der Waals surface area (Å²) in [5.41, 5.74) is -0.593. The van der Waals surface area contributed by atoms with E-state index in [2.05, 4.69) is 22.5 Å². The molecule has 7 heteroatoms. The molecule has 0 aromatic carbocycles. The molecule has 0 aliphatic heterocycles. The van der Waals surface area contributed by atoms with E-state index >= 15 is 0 Å². The number of hydrogen-bond acceptors (Lipinski definition) is 4. The van der Waals surface area contributed by atoms with Crippen LogP contribution < -0.4 is 16.0 Å². The van der Waals surface area contributed by atoms with E-state index in [9.17, 15) is 14.4 Å². The van der Waals surface area contributed by atoms with Crippen molar-refractivity contribution in [3.63, 3.8) is 0 Å². The van der Waals surface area contributed by atoms with Crippen molar-refractivity contribution in [3.05, 3.63) is 12.7 Å². The summed E-state index contributed by atoms with van der Waals surface area (Å²) in [7, 11) is 0. The van der Waals surface area contributed by atoms with Gasteiger partial charge in [0, 0.05) is 13.1 Å². The van der Waals surface area contributed by atoms with Gasteiger partial charge in [-0.2, -0.15) is 0 Å². The molecule has 3 N–H and O–H groups in total. The van der Waals surface area contributed by atoms with E-state index in [4.69, 9.17) is 4.74 Å². The van der Waals surface area contributed by atoms with Crippen LogP contribution in [-0.2, 0) is 14.3 Å². The van der Waals surface area contributed by atoms with Crippen LogP contribution in [0.3, 0.4) is 0 Å². The standard InChI is InChI=1S/C13H23N3O4/c1-5-10(17)14-7-6-8-15-11(18)9-16-12(19)20-13(2,3)4/h5H,1,6-9H2,2-4H3,(H,14,17)(H,15,18)(H,16,19). The highest BCUT2D eigenvalue weighted by Crippen LogP contribution is 2.05. The van der Waals surface area contributed by atoms with Crippen LogP contribution in [0.2, 0.25) is 0 Å². The van der Waals surface area contributed by atoms with Crippen LogP contribution in [0.15, 0.2) is 12.7 Å². The van der Waals surface area contributed by atoms with Crippen molar-refractivity contribution in [1.29, 1.82) is 0 Å². The minimum atomic E-state index is -0.633. The maximum atomic E-state index is 11.4. The number of alkyl carbamates (subject to hydrolysis) is 1. The first-order valence-corrected chi connectivity index (χ1v) is 6.38. The van der Waals surface area contributed by atoms with Gasteiger partial charge in [-0.05, 0) is 33.3 Å². The van der Waals surface area contributed by atoms with Gasteiger partial charge in [0.15, 0.2) is 0 Å². The molecule has 0 radical (unpaired) electrons. The monoisotopic (exact) mass is 285 g/mol. The highest BCUT2D eigenvalue weighted by Gasteiger charge is 2.16. The molecule has 0 aromatic heterocycles. The highest BCUT2D eigenvalue weighted by molar-refractivity contribution is 5.86. The lowest BCUT2D eigenvalue weighted by molar-refractivity contribution is -0.120. The van der Waals surface area contributed by atoms with Crippen molar-refractivity contribution in [2.75, 3.05) is 19.6 Å². The van der Waals surface area contributed by atoms with Gasteiger partial charge in [-0.15, -0.1) is 0 Å². The Hall–Kier alpha value is -2.05. The number of nitrogens with one attached hydrogen (secondary N) is 3. The normalized spacial score (nSPS) is 10.3. The molecule has 20 heavy (non-hydrogen) atoms. The second kappa shape index (κ2) is 8.95. The summed E-state index contributed by atoms with van der Waals surface area (Å²) in [4.78, 5) is 33.5. The molecule has 114 valence electrons. The molecule has 0 spiro atoms. The first kappa shape index (κ1) is 17.9. The van der Waals surface area contributed by atoms with Gasteiger partial charge in [-0.25, -0.2) is 4.79 Å². The summed E-state index contributed by atoms with van der Waals surface area (Å²) in [6, 6.07) is 0. The van der Waals surface area contributed by atoms with Gasteiger partial charge in [0.2, 0.25) is 11.8 Å². The van der Waals surface area contributed by atoms with Gasteiger partial charge < -0.3 is 20.7 Å². The quantitative estimate of drug-likeness (QED) is 0.463. The third-order valence-electron chi connectivity index (χ3n) is 1.95. The van der Waals surface area contributed by atoms with Crippen molar-refractivity contribution in [2.24, 2.45) is 0 Å². The lowest BCUT2D eigenvalue weighted by atomic mass is 10.2. The summed E-state index contributed by atoms with van der Waals surface area (Å²) < 4.78 is 4.98. The number of carbonyl (C=O) groups excluding carboxylic acids is 3. The summed E-state index contributed by atoms with van der Waals surface area (Å²) in [5, 5.41) is 7.54. The molecule has 0 rings (SSSR count). The molecule has 0 aliphatic carbocycles. The first-order valence-electron chi connectivity index (χ1n) is 6.38. The lowest BCUT2D eigenvalue weighted by Crippen LogP contribution is -2.40. The van der Waals surface area contributed by atoms with Gasteiger partial charge >= 0.3 is 6.09 Å². The Morgan fingerprint density at radius 3 is 2.25 bits per heavy atom. The van der Waals surface area contributed by atoms with Crippen molar-refractivity contribution < 1.29 is 19.1 Å². The van der Waals surface area contributed by atoms with Crippen molar-refractivity contribution in [3.8, 4) is 0 Å². The molecule has 0 aromatic rings. The Balaban J connectivity index is 3.62. The molecular weight excluding hydrogens is 262 g/mol. The molecule has 0 aliphatic rings. The van der Waals surface area contributed by atoms with E-state index in [1.807, 2.05) is 0 Å². The van der Waals surface area contributed by atoms with Gasteiger partial charge in [0.05, 0.1) is 6.54 Å². The number of amides is 3. The van der Waals surface area contributed by atoms with E-state index in [1.54, 1.807) is 20.8 Å². The Kier molecular flexibility index (Phi) is 8.03. The molecule has 0 fully saturated rings. The Bertz CT molecular complexity index is 361. The van der Waals surface area contributed by atoms with Crippen LogP contribution in [0.5, 0.6) is 0 Å². The first-order chi connectivity index (χ1) is 9.24. The Labute approximate surface area is 119 Å². The molecule has 0 heterocycles. The minimum Gasteiger partial charge on any atom is -0.444 e. The van der Waals surface area contributed by atoms with E-state index in [1.165, 1.54) is 6.08 Å². The van der Waals surface area contributed by atoms with Crippen LogP contribution in [0.1, 0.15) is 27.2 Å². The second-order valence-corrected chi connectivity index (χ2v) is 5.05. The molecule has 3 amide bonds. The fraction of sp³-hybridized carbons (Fsp3) is 0.615. The smallest absolute Gasteiger partial charge is 0.408 e. The molecule has 0 atom stereocenters. The zero-order valence-electron chi connectivity index (χ0n) is 12.2. The number of carbonyl (C=O) groups is 3. The average molecular weight is 285 g/mol. The maximum absolute atomic E-state index is 11.4. The van der Waals surface area contributed by atoms with Crippen LogP contribution in [0.4, 0.5) is 4.79 Å². The molecule has 7 nitrogen and oxygen atoms in total. The zero-order valence-corrected chi connectivity index (χ0v) is 12.2. The van der Waals surface area contributed by atoms with Crippen molar-refractivity contribution in [2.45, 2.75) is 32.8 Å². The average Bonchev–Trinajstić information content (AvgIpc) is 2.33.